The Morgan fingerprint density at radius 3 is 2.74 bits per heavy atom. The summed E-state index contributed by atoms with van der Waals surface area (Å²) in [6.45, 7) is 1.78. The van der Waals surface area contributed by atoms with E-state index in [9.17, 15) is 14.0 Å². The first kappa shape index (κ1) is 20.0. The van der Waals surface area contributed by atoms with E-state index in [1.165, 1.54) is 36.9 Å². The number of nitrogens with two attached hydrogens (primary N) is 1. The van der Waals surface area contributed by atoms with Crippen LogP contribution < -0.4 is 16.4 Å². The molecule has 0 radical (unpaired) electrons. The number of nitrogens with zero attached hydrogens (tertiary/aromatic N) is 4. The molecule has 9 nitrogen and oxygen atoms in total. The summed E-state index contributed by atoms with van der Waals surface area (Å²) in [6.07, 6.45) is 5.70. The molecule has 0 atom stereocenters. The van der Waals surface area contributed by atoms with Crippen LogP contribution in [0.5, 0.6) is 0 Å². The zero-order chi connectivity index (χ0) is 22.1. The number of anilines is 3. The van der Waals surface area contributed by atoms with Gasteiger partial charge in [0.25, 0.3) is 0 Å². The second kappa shape index (κ2) is 7.82. The van der Waals surface area contributed by atoms with Crippen LogP contribution in [0.2, 0.25) is 0 Å². The number of carbonyl (C=O) groups is 2. The number of carbonyl (C=O) groups excluding carboxylic acids is 2. The fraction of sp³-hybridized carbons (Fsp3) is 0.0952. The lowest BCUT2D eigenvalue weighted by molar-refractivity contribution is 0.103. The molecule has 156 valence electrons. The minimum Gasteiger partial charge on any atom is -0.383 e. The molecule has 1 aromatic carbocycles. The summed E-state index contributed by atoms with van der Waals surface area (Å²) >= 11 is 0. The van der Waals surface area contributed by atoms with Gasteiger partial charge in [0.1, 0.15) is 23.6 Å². The Labute approximate surface area is 176 Å². The van der Waals surface area contributed by atoms with Crippen LogP contribution >= 0.6 is 0 Å². The molecule has 4 N–H and O–H groups in total. The zero-order valence-corrected chi connectivity index (χ0v) is 16.7. The number of halogens is 1. The van der Waals surface area contributed by atoms with E-state index in [4.69, 9.17) is 5.73 Å². The first-order valence-corrected chi connectivity index (χ1v) is 9.23. The molecule has 0 fully saturated rings. The summed E-state index contributed by atoms with van der Waals surface area (Å²) in [5, 5.41) is 5.44. The summed E-state index contributed by atoms with van der Waals surface area (Å²) in [5.41, 5.74) is 8.13. The van der Waals surface area contributed by atoms with E-state index in [0.29, 0.717) is 16.6 Å². The van der Waals surface area contributed by atoms with Gasteiger partial charge in [0.05, 0.1) is 28.5 Å². The summed E-state index contributed by atoms with van der Waals surface area (Å²) in [6, 6.07) is 5.19. The second-order valence-electron chi connectivity index (χ2n) is 6.97. The van der Waals surface area contributed by atoms with Crippen LogP contribution in [0.25, 0.3) is 11.0 Å². The highest BCUT2D eigenvalue weighted by Gasteiger charge is 2.20. The number of benzene rings is 1. The van der Waals surface area contributed by atoms with E-state index in [-0.39, 0.29) is 28.5 Å². The van der Waals surface area contributed by atoms with Gasteiger partial charge in [-0.25, -0.2) is 19.2 Å². The maximum absolute atomic E-state index is 13.9. The Balaban J connectivity index is 1.58. The van der Waals surface area contributed by atoms with Crippen LogP contribution in [0.3, 0.4) is 0 Å². The first-order valence-electron chi connectivity index (χ1n) is 9.23. The van der Waals surface area contributed by atoms with Crippen molar-refractivity contribution < 1.29 is 14.0 Å². The molecule has 31 heavy (non-hydrogen) atoms. The summed E-state index contributed by atoms with van der Waals surface area (Å²) in [4.78, 5) is 37.5. The lowest BCUT2D eigenvalue weighted by atomic mass is 10.1. The number of hydrogen-bond donors (Lipinski definition) is 3. The van der Waals surface area contributed by atoms with Gasteiger partial charge in [0, 0.05) is 25.0 Å². The number of aryl methyl sites for hydroxylation is 2. The van der Waals surface area contributed by atoms with Gasteiger partial charge in [-0.2, -0.15) is 0 Å². The lowest BCUT2D eigenvalue weighted by Gasteiger charge is -2.10. The molecule has 10 heteroatoms. The monoisotopic (exact) mass is 419 g/mol. The number of rotatable bonds is 4. The number of ketones is 1. The van der Waals surface area contributed by atoms with Gasteiger partial charge >= 0.3 is 6.03 Å². The lowest BCUT2D eigenvalue weighted by Crippen LogP contribution is -2.20. The van der Waals surface area contributed by atoms with Gasteiger partial charge in [-0.05, 0) is 30.7 Å². The number of aromatic nitrogens is 4. The Kier molecular flexibility index (Phi) is 5.04. The number of amides is 2. The highest BCUT2D eigenvalue weighted by Crippen LogP contribution is 2.26. The molecule has 0 saturated carbocycles. The SMILES string of the molecule is Cc1ccc(F)c(NC(=O)Nc2cncc(C(=O)c3cn(C)c4ncnc(N)c34)c2)c1. The molecule has 3 aromatic heterocycles. The molecule has 0 bridgehead atoms. The molecule has 3 heterocycles. The Morgan fingerprint density at radius 2 is 1.94 bits per heavy atom. The van der Waals surface area contributed by atoms with Crippen molar-refractivity contribution in [1.82, 2.24) is 19.5 Å². The highest BCUT2D eigenvalue weighted by atomic mass is 19.1. The Bertz CT molecular complexity index is 1330. The maximum Gasteiger partial charge on any atom is 0.323 e. The predicted molar refractivity (Wildman–Crippen MR) is 114 cm³/mol. The molecule has 0 unspecified atom stereocenters. The van der Waals surface area contributed by atoms with E-state index < -0.39 is 11.8 Å². The van der Waals surface area contributed by atoms with Gasteiger partial charge in [0.2, 0.25) is 0 Å². The second-order valence-corrected chi connectivity index (χ2v) is 6.97. The zero-order valence-electron chi connectivity index (χ0n) is 16.7. The molecule has 0 spiro atoms. The minimum absolute atomic E-state index is 0.0453. The van der Waals surface area contributed by atoms with Crippen molar-refractivity contribution in [2.75, 3.05) is 16.4 Å². The van der Waals surface area contributed by atoms with Crippen molar-refractivity contribution >= 4 is 40.0 Å². The minimum atomic E-state index is -0.668. The first-order chi connectivity index (χ1) is 14.8. The van der Waals surface area contributed by atoms with Crippen LogP contribution in [0.1, 0.15) is 21.5 Å². The topological polar surface area (TPSA) is 128 Å². The summed E-state index contributed by atoms with van der Waals surface area (Å²) in [7, 11) is 1.75. The van der Waals surface area contributed by atoms with E-state index in [0.717, 1.165) is 5.56 Å². The summed E-state index contributed by atoms with van der Waals surface area (Å²) < 4.78 is 15.5. The van der Waals surface area contributed by atoms with Crippen molar-refractivity contribution in [3.8, 4) is 0 Å². The van der Waals surface area contributed by atoms with Crippen LogP contribution in [0, 0.1) is 12.7 Å². The largest absolute Gasteiger partial charge is 0.383 e. The van der Waals surface area contributed by atoms with Gasteiger partial charge in [0.15, 0.2) is 5.78 Å². The van der Waals surface area contributed by atoms with Crippen LogP contribution in [0.4, 0.5) is 26.4 Å². The molecular weight excluding hydrogens is 401 g/mol. The Hall–Kier alpha value is -4.34. The predicted octanol–water partition coefficient (Wildman–Crippen LogP) is 3.27. The average molecular weight is 419 g/mol. The fourth-order valence-corrected chi connectivity index (χ4v) is 3.21. The number of hydrogen-bond acceptors (Lipinski definition) is 6. The number of fused-ring (bicyclic) bond motifs is 1. The van der Waals surface area contributed by atoms with E-state index in [1.807, 2.05) is 0 Å². The van der Waals surface area contributed by atoms with Crippen LogP contribution in [-0.2, 0) is 7.05 Å². The molecule has 4 rings (SSSR count). The van der Waals surface area contributed by atoms with Crippen molar-refractivity contribution in [2.45, 2.75) is 6.92 Å². The van der Waals surface area contributed by atoms with E-state index in [1.54, 1.807) is 30.8 Å². The van der Waals surface area contributed by atoms with Gasteiger partial charge in [-0.3, -0.25) is 9.78 Å². The fourth-order valence-electron chi connectivity index (χ4n) is 3.21. The average Bonchev–Trinajstić information content (AvgIpc) is 3.08. The third-order valence-electron chi connectivity index (χ3n) is 4.66. The molecule has 4 aromatic rings. The molecule has 0 aliphatic carbocycles. The van der Waals surface area contributed by atoms with Gasteiger partial charge in [-0.15, -0.1) is 0 Å². The van der Waals surface area contributed by atoms with Crippen LogP contribution in [-0.4, -0.2) is 31.3 Å². The number of urea groups is 1. The van der Waals surface area contributed by atoms with E-state index in [2.05, 4.69) is 25.6 Å². The van der Waals surface area contributed by atoms with Crippen molar-refractivity contribution in [2.24, 2.45) is 7.05 Å². The van der Waals surface area contributed by atoms with Crippen molar-refractivity contribution in [3.63, 3.8) is 0 Å². The van der Waals surface area contributed by atoms with Crippen molar-refractivity contribution in [1.29, 1.82) is 0 Å². The quantitative estimate of drug-likeness (QED) is 0.436. The van der Waals surface area contributed by atoms with Gasteiger partial charge < -0.3 is 20.9 Å². The number of nitrogen functional groups attached to an aromatic ring is 1. The highest BCUT2D eigenvalue weighted by molar-refractivity contribution is 6.18. The molecular formula is C21H18FN7O2. The summed E-state index contributed by atoms with van der Waals surface area (Å²) in [5.74, 6) is -0.720. The maximum atomic E-state index is 13.9. The number of pyridine rings is 1. The van der Waals surface area contributed by atoms with Crippen LogP contribution in [0.15, 0.2) is 49.2 Å². The van der Waals surface area contributed by atoms with Crippen molar-refractivity contribution in [3.05, 3.63) is 71.7 Å². The molecule has 0 aliphatic heterocycles. The molecule has 2 amide bonds. The Morgan fingerprint density at radius 1 is 1.13 bits per heavy atom. The smallest absolute Gasteiger partial charge is 0.323 e. The van der Waals surface area contributed by atoms with Gasteiger partial charge in [-0.1, -0.05) is 6.07 Å². The normalized spacial score (nSPS) is 10.8. The third kappa shape index (κ3) is 3.90. The van der Waals surface area contributed by atoms with E-state index >= 15 is 0 Å². The molecule has 0 saturated heterocycles. The number of nitrogens with one attached hydrogen (secondary N) is 2. The third-order valence-corrected chi connectivity index (χ3v) is 4.66. The standard InChI is InChI=1S/C21H18FN7O2/c1-11-3-4-15(22)16(5-11)28-21(31)27-13-6-12(7-24-8-13)18(30)14-9-29(2)20-17(14)19(23)25-10-26-20/h3-10H,1-2H3,(H2,23,25,26)(H2,27,28,31). The molecule has 0 aliphatic rings.